The van der Waals surface area contributed by atoms with Crippen LogP contribution in [0.3, 0.4) is 0 Å². The molecular formula is C15H20ClN5O2. The largest absolute Gasteiger partial charge is 0.370 e. The first-order valence-electron chi connectivity index (χ1n) is 7.22. The monoisotopic (exact) mass is 337 g/mol. The number of amides is 1. The fourth-order valence-electron chi connectivity index (χ4n) is 3.10. The summed E-state index contributed by atoms with van der Waals surface area (Å²) in [6.45, 7) is 7.08. The molecular weight excluding hydrogens is 318 g/mol. The number of nitrogens with zero attached hydrogens (tertiary/aromatic N) is 3. The number of carbonyl (C=O) groups is 1. The Bertz CT molecular complexity index is 635. The number of carbonyl (C=O) groups excluding carboxylic acids is 1. The van der Waals surface area contributed by atoms with Crippen molar-refractivity contribution in [3.63, 3.8) is 0 Å². The second-order valence-corrected chi connectivity index (χ2v) is 5.94. The van der Waals surface area contributed by atoms with Gasteiger partial charge in [-0.15, -0.1) is 0 Å². The molecule has 1 aliphatic heterocycles. The highest BCUT2D eigenvalue weighted by atomic mass is 35.5. The van der Waals surface area contributed by atoms with Crippen LogP contribution in [-0.4, -0.2) is 17.8 Å². The molecule has 0 saturated heterocycles. The lowest BCUT2D eigenvalue weighted by atomic mass is 9.55. The summed E-state index contributed by atoms with van der Waals surface area (Å²) in [6, 6.07) is 3.81. The first-order valence-corrected chi connectivity index (χ1v) is 7.60. The van der Waals surface area contributed by atoms with Gasteiger partial charge in [-0.25, -0.2) is 0 Å². The molecule has 0 spiro atoms. The average Bonchev–Trinajstić information content (AvgIpc) is 2.51. The van der Waals surface area contributed by atoms with Crippen LogP contribution in [0.15, 0.2) is 15.9 Å². The van der Waals surface area contributed by atoms with Crippen molar-refractivity contribution in [2.45, 2.75) is 46.8 Å². The van der Waals surface area contributed by atoms with Gasteiger partial charge in [0, 0.05) is 0 Å². The maximum Gasteiger partial charge on any atom is 0.244 e. The van der Waals surface area contributed by atoms with Crippen LogP contribution in [0.4, 0.5) is 0 Å². The van der Waals surface area contributed by atoms with E-state index in [0.717, 1.165) is 0 Å². The molecule has 0 aliphatic carbocycles. The summed E-state index contributed by atoms with van der Waals surface area (Å²) >= 11 is 6.10. The van der Waals surface area contributed by atoms with E-state index in [2.05, 4.69) is 10.5 Å². The highest BCUT2D eigenvalue weighted by Gasteiger charge is 2.65. The van der Waals surface area contributed by atoms with Crippen molar-refractivity contribution < 1.29 is 9.63 Å². The van der Waals surface area contributed by atoms with Gasteiger partial charge in [0.2, 0.25) is 12.1 Å². The van der Waals surface area contributed by atoms with Gasteiger partial charge >= 0.3 is 0 Å². The molecule has 0 aromatic heterocycles. The molecule has 23 heavy (non-hydrogen) atoms. The lowest BCUT2D eigenvalue weighted by Crippen LogP contribution is -2.63. The van der Waals surface area contributed by atoms with Crippen LogP contribution < -0.4 is 11.1 Å². The lowest BCUT2D eigenvalue weighted by Gasteiger charge is -2.50. The van der Waals surface area contributed by atoms with Crippen LogP contribution in [0.5, 0.6) is 0 Å². The topological polar surface area (TPSA) is 124 Å². The number of hydrogen-bond donors (Lipinski definition) is 2. The predicted octanol–water partition coefficient (Wildman–Crippen LogP) is 2.10. The van der Waals surface area contributed by atoms with Crippen molar-refractivity contribution in [1.82, 2.24) is 5.32 Å². The van der Waals surface area contributed by atoms with Crippen LogP contribution in [0.25, 0.3) is 0 Å². The average molecular weight is 338 g/mol. The van der Waals surface area contributed by atoms with Crippen LogP contribution in [0.2, 0.25) is 0 Å². The van der Waals surface area contributed by atoms with Gasteiger partial charge in [0.1, 0.15) is 11.2 Å². The molecule has 0 unspecified atom stereocenters. The van der Waals surface area contributed by atoms with Gasteiger partial charge < -0.3 is 15.9 Å². The highest BCUT2D eigenvalue weighted by Crippen LogP contribution is 2.55. The number of nitrogens with one attached hydrogen (secondary N) is 1. The third-order valence-electron chi connectivity index (χ3n) is 4.35. The fraction of sp³-hybridized carbons (Fsp3) is 0.600. The normalized spacial score (nSPS) is 25.6. The van der Waals surface area contributed by atoms with E-state index in [4.69, 9.17) is 22.2 Å². The zero-order valence-corrected chi connectivity index (χ0v) is 14.4. The van der Waals surface area contributed by atoms with E-state index >= 15 is 0 Å². The summed E-state index contributed by atoms with van der Waals surface area (Å²) in [5.74, 6) is -0.925. The van der Waals surface area contributed by atoms with Crippen LogP contribution >= 0.6 is 11.6 Å². The summed E-state index contributed by atoms with van der Waals surface area (Å²) < 4.78 is 0. The Morgan fingerprint density at radius 3 is 2.35 bits per heavy atom. The van der Waals surface area contributed by atoms with Gasteiger partial charge in [-0.05, 0) is 26.7 Å². The van der Waals surface area contributed by atoms with E-state index in [9.17, 15) is 15.3 Å². The minimum Gasteiger partial charge on any atom is -0.370 e. The molecule has 8 heteroatoms. The summed E-state index contributed by atoms with van der Waals surface area (Å²) in [4.78, 5) is 17.8. The van der Waals surface area contributed by atoms with Crippen LogP contribution in [0.1, 0.15) is 40.5 Å². The number of rotatable bonds is 5. The van der Waals surface area contributed by atoms with E-state index < -0.39 is 23.0 Å². The van der Waals surface area contributed by atoms with Gasteiger partial charge in [0.25, 0.3) is 0 Å². The van der Waals surface area contributed by atoms with Crippen molar-refractivity contribution >= 4 is 23.2 Å². The van der Waals surface area contributed by atoms with Crippen LogP contribution in [-0.2, 0) is 9.63 Å². The molecule has 0 aromatic rings. The third-order valence-corrected chi connectivity index (χ3v) is 4.65. The minimum atomic E-state index is -1.89. The van der Waals surface area contributed by atoms with Crippen molar-refractivity contribution in [3.05, 3.63) is 10.7 Å². The highest BCUT2D eigenvalue weighted by molar-refractivity contribution is 6.30. The van der Waals surface area contributed by atoms with E-state index in [1.165, 1.54) is 0 Å². The molecule has 0 saturated carbocycles. The molecule has 3 N–H and O–H groups in total. The van der Waals surface area contributed by atoms with Crippen molar-refractivity contribution in [2.24, 2.45) is 21.7 Å². The van der Waals surface area contributed by atoms with Gasteiger partial charge in [0.05, 0.1) is 22.8 Å². The Hall–Kier alpha value is -2.25. The SMILES string of the molecule is CCC1(CC)[C@H](ON=C(C)C)NC(Cl)=C(C#N)[C@]1(C#N)C(N)=O. The number of primary amides is 1. The molecule has 1 heterocycles. The Balaban J connectivity index is 3.74. The molecule has 124 valence electrons. The fourth-order valence-corrected chi connectivity index (χ4v) is 3.38. The van der Waals surface area contributed by atoms with Gasteiger partial charge in [-0.1, -0.05) is 30.6 Å². The smallest absolute Gasteiger partial charge is 0.244 e. The van der Waals surface area contributed by atoms with Gasteiger partial charge in [-0.3, -0.25) is 4.79 Å². The molecule has 0 radical (unpaired) electrons. The zero-order valence-electron chi connectivity index (χ0n) is 13.6. The first kappa shape index (κ1) is 18.8. The Morgan fingerprint density at radius 1 is 1.43 bits per heavy atom. The maximum atomic E-state index is 12.3. The summed E-state index contributed by atoms with van der Waals surface area (Å²) in [5, 5.41) is 25.9. The number of nitrogens with two attached hydrogens (primary N) is 1. The lowest BCUT2D eigenvalue weighted by molar-refractivity contribution is -0.145. The molecule has 1 rings (SSSR count). The number of hydrogen-bond acceptors (Lipinski definition) is 6. The maximum absolute atomic E-state index is 12.3. The van der Waals surface area contributed by atoms with E-state index in [-0.39, 0.29) is 10.7 Å². The quantitative estimate of drug-likeness (QED) is 0.451. The van der Waals surface area contributed by atoms with Crippen molar-refractivity contribution in [2.75, 3.05) is 0 Å². The molecule has 1 amide bonds. The second kappa shape index (κ2) is 6.89. The molecule has 1 aliphatic rings. The second-order valence-electron chi connectivity index (χ2n) is 5.56. The zero-order chi connectivity index (χ0) is 17.8. The summed E-state index contributed by atoms with van der Waals surface area (Å²) in [5.41, 5.74) is 3.05. The standard InChI is InChI=1S/C15H20ClN5O2/c1-5-14(6-2)13(23-21-9(3)4)20-11(16)10(7-17)15(14,8-18)12(19)22/h13,20H,5-6H2,1-4H3,(H2,19,22)/t13-,15+/m0/s1. The minimum absolute atomic E-state index is 0.126. The van der Waals surface area contributed by atoms with E-state index in [1.807, 2.05) is 12.1 Å². The van der Waals surface area contributed by atoms with Crippen molar-refractivity contribution in [1.29, 1.82) is 10.5 Å². The van der Waals surface area contributed by atoms with Crippen molar-refractivity contribution in [3.8, 4) is 12.1 Å². The molecule has 0 aromatic carbocycles. The molecule has 0 fully saturated rings. The van der Waals surface area contributed by atoms with Gasteiger partial charge in [0.15, 0.2) is 5.41 Å². The molecule has 7 nitrogen and oxygen atoms in total. The Kier molecular flexibility index (Phi) is 5.63. The Labute approximate surface area is 140 Å². The van der Waals surface area contributed by atoms with Gasteiger partial charge in [-0.2, -0.15) is 10.5 Å². The Morgan fingerprint density at radius 2 is 2.00 bits per heavy atom. The number of halogens is 1. The summed E-state index contributed by atoms with van der Waals surface area (Å²) in [7, 11) is 0. The number of nitriles is 2. The predicted molar refractivity (Wildman–Crippen MR) is 85.5 cm³/mol. The number of oxime groups is 1. The van der Waals surface area contributed by atoms with E-state index in [1.54, 1.807) is 27.7 Å². The summed E-state index contributed by atoms with van der Waals surface area (Å²) in [6.07, 6.45) is -0.166. The van der Waals surface area contributed by atoms with E-state index in [0.29, 0.717) is 18.6 Å². The van der Waals surface area contributed by atoms with Crippen LogP contribution in [0, 0.1) is 33.5 Å². The third kappa shape index (κ3) is 2.62. The molecule has 0 bridgehead atoms. The molecule has 2 atom stereocenters. The first-order chi connectivity index (χ1) is 10.8.